The van der Waals surface area contributed by atoms with Crippen molar-refractivity contribution < 1.29 is 13.7 Å². The van der Waals surface area contributed by atoms with Crippen LogP contribution >= 0.6 is 11.8 Å². The third kappa shape index (κ3) is 3.75. The summed E-state index contributed by atoms with van der Waals surface area (Å²) in [6.07, 6.45) is 1.43. The molecular formula is C20H15FN6O3S. The van der Waals surface area contributed by atoms with E-state index in [9.17, 15) is 14.0 Å². The molecule has 1 atom stereocenters. The minimum Gasteiger partial charge on any atom is -0.338 e. The predicted octanol–water partition coefficient (Wildman–Crippen LogP) is 2.18. The van der Waals surface area contributed by atoms with Crippen molar-refractivity contribution in [1.29, 1.82) is 0 Å². The summed E-state index contributed by atoms with van der Waals surface area (Å²) >= 11 is 1.50. The maximum atomic E-state index is 13.1. The van der Waals surface area contributed by atoms with E-state index in [-0.39, 0.29) is 11.6 Å². The second-order valence-corrected chi connectivity index (χ2v) is 7.90. The number of hydrogen-bond donors (Lipinski definition) is 1. The molecule has 0 fully saturated rings. The minimum absolute atomic E-state index is 0.0220. The average molecular weight is 438 g/mol. The molecule has 4 aromatic rings. The molecular weight excluding hydrogens is 423 g/mol. The lowest BCUT2D eigenvalue weighted by Crippen LogP contribution is -2.33. The summed E-state index contributed by atoms with van der Waals surface area (Å²) < 4.78 is 20.8. The Labute approximate surface area is 178 Å². The van der Waals surface area contributed by atoms with Crippen molar-refractivity contribution in [3.63, 3.8) is 0 Å². The van der Waals surface area contributed by atoms with Gasteiger partial charge in [0.15, 0.2) is 5.82 Å². The molecule has 0 saturated heterocycles. The number of hydrogen-bond acceptors (Lipinski definition) is 7. The van der Waals surface area contributed by atoms with E-state index in [0.29, 0.717) is 23.8 Å². The Balaban J connectivity index is 1.36. The van der Waals surface area contributed by atoms with E-state index in [1.165, 1.54) is 39.5 Å². The summed E-state index contributed by atoms with van der Waals surface area (Å²) in [4.78, 5) is 30.0. The number of benzene rings is 2. The van der Waals surface area contributed by atoms with Crippen LogP contribution < -0.4 is 11.1 Å². The maximum Gasteiger partial charge on any atom is 0.446 e. The van der Waals surface area contributed by atoms with E-state index >= 15 is 0 Å². The van der Waals surface area contributed by atoms with Gasteiger partial charge in [-0.1, -0.05) is 29.4 Å². The van der Waals surface area contributed by atoms with Gasteiger partial charge in [-0.3, -0.25) is 9.32 Å². The number of carbonyl (C=O) groups excluding carboxylic acids is 1. The highest BCUT2D eigenvalue weighted by molar-refractivity contribution is 7.99. The van der Waals surface area contributed by atoms with Crippen molar-refractivity contribution in [2.75, 3.05) is 5.75 Å². The van der Waals surface area contributed by atoms with Gasteiger partial charge in [0.05, 0.1) is 12.2 Å². The van der Waals surface area contributed by atoms with Gasteiger partial charge in [-0.25, -0.2) is 23.4 Å². The van der Waals surface area contributed by atoms with E-state index in [0.717, 1.165) is 10.5 Å². The number of carbonyl (C=O) groups is 1. The third-order valence-corrected chi connectivity index (χ3v) is 5.91. The SMILES string of the molecule is O=C(N[C@H]1CSc2ccccc2-n2c1noc2=O)c1ncn(Cc2ccc(F)cc2)n1. The van der Waals surface area contributed by atoms with Crippen LogP contribution in [0.25, 0.3) is 5.69 Å². The van der Waals surface area contributed by atoms with Crippen LogP contribution in [0.1, 0.15) is 28.0 Å². The van der Waals surface area contributed by atoms with Gasteiger partial charge in [-0.05, 0) is 29.8 Å². The summed E-state index contributed by atoms with van der Waals surface area (Å²) in [5.41, 5.74) is 1.48. The van der Waals surface area contributed by atoms with Crippen molar-refractivity contribution in [1.82, 2.24) is 29.8 Å². The monoisotopic (exact) mass is 438 g/mol. The summed E-state index contributed by atoms with van der Waals surface area (Å²) in [6, 6.07) is 12.8. The fraction of sp³-hybridized carbons (Fsp3) is 0.150. The molecule has 0 saturated carbocycles. The Morgan fingerprint density at radius 1 is 1.23 bits per heavy atom. The molecule has 0 unspecified atom stereocenters. The molecule has 1 aliphatic rings. The van der Waals surface area contributed by atoms with Crippen LogP contribution in [0.15, 0.2) is 69.1 Å². The number of nitrogens with one attached hydrogen (secondary N) is 1. The van der Waals surface area contributed by atoms with Gasteiger partial charge >= 0.3 is 5.76 Å². The zero-order chi connectivity index (χ0) is 21.4. The molecule has 3 heterocycles. The standard InChI is InChI=1S/C20H15FN6O3S/c21-13-7-5-12(6-8-13)9-26-11-22-17(24-26)19(28)23-14-10-31-16-4-2-1-3-15(16)27-18(14)25-30-20(27)29/h1-8,11,14H,9-10H2,(H,23,28)/t14-/m0/s1. The summed E-state index contributed by atoms with van der Waals surface area (Å²) in [6.45, 7) is 0.345. The number of para-hydroxylation sites is 1. The highest BCUT2D eigenvalue weighted by atomic mass is 32.2. The highest BCUT2D eigenvalue weighted by Gasteiger charge is 2.29. The number of nitrogens with zero attached hydrogens (tertiary/aromatic N) is 5. The molecule has 0 spiro atoms. The van der Waals surface area contributed by atoms with Gasteiger partial charge in [-0.2, -0.15) is 0 Å². The molecule has 5 rings (SSSR count). The fourth-order valence-electron chi connectivity index (χ4n) is 3.29. The van der Waals surface area contributed by atoms with E-state index in [2.05, 4.69) is 20.6 Å². The van der Waals surface area contributed by atoms with Crippen LogP contribution in [-0.2, 0) is 6.54 Å². The van der Waals surface area contributed by atoms with Crippen LogP contribution in [0.5, 0.6) is 0 Å². The molecule has 1 aliphatic heterocycles. The van der Waals surface area contributed by atoms with Crippen LogP contribution in [-0.4, -0.2) is 36.1 Å². The zero-order valence-electron chi connectivity index (χ0n) is 15.9. The first kappa shape index (κ1) is 19.2. The predicted molar refractivity (Wildman–Crippen MR) is 109 cm³/mol. The first-order valence-corrected chi connectivity index (χ1v) is 10.3. The Bertz CT molecular complexity index is 1310. The van der Waals surface area contributed by atoms with Gasteiger partial charge in [0.2, 0.25) is 5.82 Å². The molecule has 2 aromatic carbocycles. The highest BCUT2D eigenvalue weighted by Crippen LogP contribution is 2.33. The van der Waals surface area contributed by atoms with E-state index in [1.807, 2.05) is 18.2 Å². The molecule has 1 amide bonds. The van der Waals surface area contributed by atoms with E-state index < -0.39 is 17.7 Å². The molecule has 156 valence electrons. The Morgan fingerprint density at radius 2 is 2.03 bits per heavy atom. The van der Waals surface area contributed by atoms with E-state index in [1.54, 1.807) is 18.2 Å². The van der Waals surface area contributed by atoms with Crippen molar-refractivity contribution in [2.45, 2.75) is 17.5 Å². The summed E-state index contributed by atoms with van der Waals surface area (Å²) in [5.74, 6) is -0.711. The zero-order valence-corrected chi connectivity index (χ0v) is 16.8. The van der Waals surface area contributed by atoms with Crippen LogP contribution in [0.4, 0.5) is 4.39 Å². The second kappa shape index (κ2) is 7.84. The molecule has 9 nitrogen and oxygen atoms in total. The molecule has 0 aliphatic carbocycles. The fourth-order valence-corrected chi connectivity index (χ4v) is 4.36. The largest absolute Gasteiger partial charge is 0.446 e. The number of amides is 1. The van der Waals surface area contributed by atoms with Crippen molar-refractivity contribution >= 4 is 17.7 Å². The lowest BCUT2D eigenvalue weighted by molar-refractivity contribution is 0.0927. The number of aromatic nitrogens is 5. The van der Waals surface area contributed by atoms with Gasteiger partial charge in [0, 0.05) is 10.6 Å². The van der Waals surface area contributed by atoms with Crippen LogP contribution in [0, 0.1) is 5.82 Å². The maximum absolute atomic E-state index is 13.1. The van der Waals surface area contributed by atoms with Gasteiger partial charge in [0.25, 0.3) is 5.91 Å². The van der Waals surface area contributed by atoms with Crippen LogP contribution in [0.2, 0.25) is 0 Å². The average Bonchev–Trinajstić information content (AvgIpc) is 3.36. The minimum atomic E-state index is -0.620. The van der Waals surface area contributed by atoms with Crippen LogP contribution in [0.3, 0.4) is 0 Å². The van der Waals surface area contributed by atoms with Crippen molar-refractivity contribution in [2.24, 2.45) is 0 Å². The van der Waals surface area contributed by atoms with Crippen molar-refractivity contribution in [3.05, 3.63) is 88.4 Å². The molecule has 2 aromatic heterocycles. The smallest absolute Gasteiger partial charge is 0.338 e. The normalized spacial score (nSPS) is 15.1. The first-order chi connectivity index (χ1) is 15.1. The number of thioether (sulfide) groups is 1. The summed E-state index contributed by atoms with van der Waals surface area (Å²) in [5, 5.41) is 10.9. The van der Waals surface area contributed by atoms with E-state index in [4.69, 9.17) is 4.52 Å². The first-order valence-electron chi connectivity index (χ1n) is 9.34. The number of rotatable bonds is 4. The Kier molecular flexibility index (Phi) is 4.86. The molecule has 11 heteroatoms. The third-order valence-electron chi connectivity index (χ3n) is 4.75. The van der Waals surface area contributed by atoms with Crippen molar-refractivity contribution in [3.8, 4) is 5.69 Å². The second-order valence-electron chi connectivity index (χ2n) is 6.84. The lowest BCUT2D eigenvalue weighted by Gasteiger charge is -2.13. The Morgan fingerprint density at radius 3 is 2.87 bits per heavy atom. The molecule has 1 N–H and O–H groups in total. The molecule has 31 heavy (non-hydrogen) atoms. The molecule has 0 bridgehead atoms. The van der Waals surface area contributed by atoms with Gasteiger partial charge < -0.3 is 5.32 Å². The van der Waals surface area contributed by atoms with Gasteiger partial charge in [-0.15, -0.1) is 16.9 Å². The topological polar surface area (TPSA) is 108 Å². The lowest BCUT2D eigenvalue weighted by atomic mass is 10.2. The molecule has 0 radical (unpaired) electrons. The summed E-state index contributed by atoms with van der Waals surface area (Å²) in [7, 11) is 0. The number of halogens is 1. The number of fused-ring (bicyclic) bond motifs is 3. The Hall–Kier alpha value is -3.73. The quantitative estimate of drug-likeness (QED) is 0.520. The van der Waals surface area contributed by atoms with Gasteiger partial charge in [0.1, 0.15) is 18.2 Å².